The molecule has 2 nitrogen and oxygen atoms in total. The summed E-state index contributed by atoms with van der Waals surface area (Å²) in [6, 6.07) is 33.8. The first-order valence-corrected chi connectivity index (χ1v) is 9.80. The van der Waals surface area contributed by atoms with E-state index in [0.29, 0.717) is 0 Å². The summed E-state index contributed by atoms with van der Waals surface area (Å²) in [4.78, 5) is 9.14. The number of benzene rings is 3. The van der Waals surface area contributed by atoms with Gasteiger partial charge in [0.2, 0.25) is 0 Å². The van der Waals surface area contributed by atoms with Crippen LogP contribution in [0.3, 0.4) is 0 Å². The Labute approximate surface area is 170 Å². The highest BCUT2D eigenvalue weighted by Gasteiger charge is 2.05. The monoisotopic (exact) mass is 372 g/mol. The molecule has 5 aromatic rings. The van der Waals surface area contributed by atoms with Crippen molar-refractivity contribution >= 4 is 10.8 Å². The largest absolute Gasteiger partial charge is 0.256 e. The number of nitrogens with zero attached hydrogens (tertiary/aromatic N) is 2. The smallest absolute Gasteiger partial charge is 0.0708 e. The van der Waals surface area contributed by atoms with Crippen LogP contribution in [0, 0.1) is 0 Å². The molecule has 0 saturated carbocycles. The van der Waals surface area contributed by atoms with Crippen molar-refractivity contribution in [2.24, 2.45) is 0 Å². The normalized spacial score (nSPS) is 10.9. The molecule has 0 spiro atoms. The molecule has 29 heavy (non-hydrogen) atoms. The Bertz CT molecular complexity index is 1280. The molecule has 3 aromatic carbocycles. The standard InChI is InChI=1S/C27H20N2/c1-2-10-25-19-29-27(18-22(25)9-1)24-12-6-8-21(17-24)15-20-7-5-11-23(16-20)26-13-3-4-14-28-26/h1-14,16-19H,15H2. The van der Waals surface area contributed by atoms with Gasteiger partial charge in [-0.05, 0) is 53.3 Å². The molecule has 0 N–H and O–H groups in total. The average Bonchev–Trinajstić information content (AvgIpc) is 2.80. The zero-order chi connectivity index (χ0) is 19.5. The van der Waals surface area contributed by atoms with Crippen LogP contribution < -0.4 is 0 Å². The SMILES string of the molecule is c1ccc(-c2cccc(Cc3cccc(-c4cc5ccccc5cn4)c3)c2)nc1. The van der Waals surface area contributed by atoms with Crippen LogP contribution in [-0.4, -0.2) is 9.97 Å². The molecule has 0 amide bonds. The number of hydrogen-bond acceptors (Lipinski definition) is 2. The van der Waals surface area contributed by atoms with E-state index in [-0.39, 0.29) is 0 Å². The second-order valence-corrected chi connectivity index (χ2v) is 7.21. The minimum Gasteiger partial charge on any atom is -0.256 e. The highest BCUT2D eigenvalue weighted by Crippen LogP contribution is 2.25. The van der Waals surface area contributed by atoms with Gasteiger partial charge in [-0.1, -0.05) is 66.7 Å². The first-order valence-electron chi connectivity index (χ1n) is 9.80. The van der Waals surface area contributed by atoms with Crippen molar-refractivity contribution in [3.05, 3.63) is 121 Å². The zero-order valence-corrected chi connectivity index (χ0v) is 16.0. The third-order valence-electron chi connectivity index (χ3n) is 5.15. The quantitative estimate of drug-likeness (QED) is 0.357. The Morgan fingerprint density at radius 1 is 0.517 bits per heavy atom. The molecule has 0 saturated heterocycles. The molecule has 0 aliphatic heterocycles. The van der Waals surface area contributed by atoms with Gasteiger partial charge >= 0.3 is 0 Å². The van der Waals surface area contributed by atoms with E-state index in [2.05, 4.69) is 82.8 Å². The summed E-state index contributed by atoms with van der Waals surface area (Å²) in [5, 5.41) is 2.38. The Hall–Kier alpha value is -3.78. The predicted molar refractivity (Wildman–Crippen MR) is 120 cm³/mol. The van der Waals surface area contributed by atoms with E-state index in [4.69, 9.17) is 0 Å². The molecule has 2 aromatic heterocycles. The van der Waals surface area contributed by atoms with Gasteiger partial charge in [-0.3, -0.25) is 9.97 Å². The van der Waals surface area contributed by atoms with Crippen molar-refractivity contribution in [1.82, 2.24) is 9.97 Å². The third-order valence-corrected chi connectivity index (χ3v) is 5.15. The van der Waals surface area contributed by atoms with Gasteiger partial charge in [-0.2, -0.15) is 0 Å². The van der Waals surface area contributed by atoms with E-state index < -0.39 is 0 Å². The molecular weight excluding hydrogens is 352 g/mol. The molecule has 2 heterocycles. The molecule has 0 unspecified atom stereocenters. The summed E-state index contributed by atoms with van der Waals surface area (Å²) >= 11 is 0. The fraction of sp³-hybridized carbons (Fsp3) is 0.0370. The number of fused-ring (bicyclic) bond motifs is 1. The predicted octanol–water partition coefficient (Wildman–Crippen LogP) is 6.55. The van der Waals surface area contributed by atoms with Crippen molar-refractivity contribution in [2.45, 2.75) is 6.42 Å². The summed E-state index contributed by atoms with van der Waals surface area (Å²) in [6.07, 6.45) is 4.66. The topological polar surface area (TPSA) is 25.8 Å². The average molecular weight is 372 g/mol. The maximum atomic E-state index is 4.67. The van der Waals surface area contributed by atoms with Crippen molar-refractivity contribution < 1.29 is 0 Å². The summed E-state index contributed by atoms with van der Waals surface area (Å²) in [5.41, 5.74) is 6.85. The number of rotatable bonds is 4. The van der Waals surface area contributed by atoms with Crippen molar-refractivity contribution in [2.75, 3.05) is 0 Å². The molecule has 138 valence electrons. The van der Waals surface area contributed by atoms with E-state index in [1.165, 1.54) is 21.9 Å². The lowest BCUT2D eigenvalue weighted by molar-refractivity contribution is 1.19. The van der Waals surface area contributed by atoms with Crippen molar-refractivity contribution in [3.8, 4) is 22.5 Å². The zero-order valence-electron chi connectivity index (χ0n) is 16.0. The second kappa shape index (κ2) is 7.69. The minimum absolute atomic E-state index is 0.877. The van der Waals surface area contributed by atoms with Crippen molar-refractivity contribution in [3.63, 3.8) is 0 Å². The van der Waals surface area contributed by atoms with Crippen molar-refractivity contribution in [1.29, 1.82) is 0 Å². The second-order valence-electron chi connectivity index (χ2n) is 7.21. The lowest BCUT2D eigenvalue weighted by Crippen LogP contribution is -1.91. The van der Waals surface area contributed by atoms with E-state index in [9.17, 15) is 0 Å². The van der Waals surface area contributed by atoms with Crippen LogP contribution in [0.15, 0.2) is 109 Å². The summed E-state index contributed by atoms with van der Waals surface area (Å²) in [7, 11) is 0. The summed E-state index contributed by atoms with van der Waals surface area (Å²) in [6.45, 7) is 0. The Kier molecular flexibility index (Phi) is 4.59. The highest BCUT2D eigenvalue weighted by molar-refractivity contribution is 5.85. The van der Waals surface area contributed by atoms with Gasteiger partial charge in [-0.15, -0.1) is 0 Å². The fourth-order valence-electron chi connectivity index (χ4n) is 3.69. The maximum Gasteiger partial charge on any atom is 0.0708 e. The Morgan fingerprint density at radius 2 is 1.21 bits per heavy atom. The van der Waals surface area contributed by atoms with Gasteiger partial charge in [0.25, 0.3) is 0 Å². The van der Waals surface area contributed by atoms with E-state index >= 15 is 0 Å². The molecule has 0 radical (unpaired) electrons. The summed E-state index contributed by atoms with van der Waals surface area (Å²) in [5.74, 6) is 0. The van der Waals surface area contributed by atoms with Gasteiger partial charge in [0.15, 0.2) is 0 Å². The number of aromatic nitrogens is 2. The first kappa shape index (κ1) is 17.3. The van der Waals surface area contributed by atoms with Gasteiger partial charge in [0.05, 0.1) is 11.4 Å². The molecule has 5 rings (SSSR count). The lowest BCUT2D eigenvalue weighted by atomic mass is 9.99. The van der Waals surface area contributed by atoms with Gasteiger partial charge in [-0.25, -0.2) is 0 Å². The van der Waals surface area contributed by atoms with Crippen LogP contribution >= 0.6 is 0 Å². The van der Waals surface area contributed by atoms with Crippen LogP contribution in [0.25, 0.3) is 33.3 Å². The molecular formula is C27H20N2. The number of hydrogen-bond donors (Lipinski definition) is 0. The van der Waals surface area contributed by atoms with Crippen LogP contribution in [-0.2, 0) is 6.42 Å². The first-order chi connectivity index (χ1) is 14.3. The van der Waals surface area contributed by atoms with Gasteiger partial charge < -0.3 is 0 Å². The van der Waals surface area contributed by atoms with Crippen LogP contribution in [0.4, 0.5) is 0 Å². The summed E-state index contributed by atoms with van der Waals surface area (Å²) < 4.78 is 0. The molecule has 0 bridgehead atoms. The van der Waals surface area contributed by atoms with Gasteiger partial charge in [0.1, 0.15) is 0 Å². The third kappa shape index (κ3) is 3.78. The minimum atomic E-state index is 0.877. The van der Waals surface area contributed by atoms with E-state index in [0.717, 1.165) is 28.9 Å². The van der Waals surface area contributed by atoms with Crippen LogP contribution in [0.5, 0.6) is 0 Å². The molecule has 0 aliphatic carbocycles. The lowest BCUT2D eigenvalue weighted by Gasteiger charge is -2.08. The molecule has 2 heteroatoms. The maximum absolute atomic E-state index is 4.67. The van der Waals surface area contributed by atoms with E-state index in [1.54, 1.807) is 0 Å². The number of pyridine rings is 2. The Morgan fingerprint density at radius 3 is 1.93 bits per heavy atom. The molecule has 0 aliphatic rings. The highest BCUT2D eigenvalue weighted by atomic mass is 14.7. The van der Waals surface area contributed by atoms with Crippen LogP contribution in [0.2, 0.25) is 0 Å². The molecule has 0 fully saturated rings. The fourth-order valence-corrected chi connectivity index (χ4v) is 3.69. The molecule has 0 atom stereocenters. The van der Waals surface area contributed by atoms with Crippen LogP contribution in [0.1, 0.15) is 11.1 Å². The Balaban J connectivity index is 1.44. The van der Waals surface area contributed by atoms with Gasteiger partial charge in [0, 0.05) is 28.9 Å². The van der Waals surface area contributed by atoms with E-state index in [1.807, 2.05) is 36.7 Å².